The van der Waals surface area contributed by atoms with Crippen LogP contribution >= 0.6 is 0 Å². The van der Waals surface area contributed by atoms with Crippen molar-refractivity contribution < 1.29 is 9.59 Å². The van der Waals surface area contributed by atoms with Crippen LogP contribution in [0.3, 0.4) is 0 Å². The van der Waals surface area contributed by atoms with E-state index in [2.05, 4.69) is 0 Å². The van der Waals surface area contributed by atoms with Crippen molar-refractivity contribution in [3.8, 4) is 6.07 Å². The minimum absolute atomic E-state index is 0.0552. The molecular weight excluding hydrogens is 288 g/mol. The molecule has 0 aromatic heterocycles. The van der Waals surface area contributed by atoms with Gasteiger partial charge in [-0.05, 0) is 31.1 Å². The van der Waals surface area contributed by atoms with E-state index in [1.165, 1.54) is 0 Å². The van der Waals surface area contributed by atoms with Crippen LogP contribution in [0, 0.1) is 16.7 Å². The topological polar surface area (TPSA) is 61.2 Å². The van der Waals surface area contributed by atoms with Crippen molar-refractivity contribution in [1.29, 1.82) is 5.26 Å². The maximum Gasteiger partial charge on any atom is 0.241 e. The predicted octanol–water partition coefficient (Wildman–Crippen LogP) is 2.38. The smallest absolute Gasteiger partial charge is 0.241 e. The summed E-state index contributed by atoms with van der Waals surface area (Å²) in [6.07, 6.45) is 3.51. The SMILES string of the molecule is CN1CC=C2C(C)(C)C(=O)C(C#N)=C[C@@]2(c2ccccc2)C1=O. The maximum atomic E-state index is 13.2. The average molecular weight is 306 g/mol. The lowest BCUT2D eigenvalue weighted by molar-refractivity contribution is -0.134. The number of fused-ring (bicyclic) bond motifs is 1. The predicted molar refractivity (Wildman–Crippen MR) is 86.3 cm³/mol. The highest BCUT2D eigenvalue weighted by atomic mass is 16.2. The highest BCUT2D eigenvalue weighted by molar-refractivity contribution is 6.11. The molecule has 23 heavy (non-hydrogen) atoms. The van der Waals surface area contributed by atoms with Crippen molar-refractivity contribution in [3.05, 3.63) is 59.2 Å². The number of allylic oxidation sites excluding steroid dienone is 1. The highest BCUT2D eigenvalue weighted by Crippen LogP contribution is 2.51. The molecule has 0 bridgehead atoms. The first-order chi connectivity index (χ1) is 10.9. The molecule has 4 nitrogen and oxygen atoms in total. The van der Waals surface area contributed by atoms with Crippen LogP contribution in [0.25, 0.3) is 0 Å². The van der Waals surface area contributed by atoms with Crippen LogP contribution in [0.5, 0.6) is 0 Å². The lowest BCUT2D eigenvalue weighted by Gasteiger charge is -2.47. The molecule has 0 spiro atoms. The molecule has 0 saturated carbocycles. The fourth-order valence-electron chi connectivity index (χ4n) is 3.66. The van der Waals surface area contributed by atoms with Crippen LogP contribution < -0.4 is 0 Å². The van der Waals surface area contributed by atoms with Crippen LogP contribution in [0.1, 0.15) is 19.4 Å². The molecule has 1 atom stereocenters. The second-order valence-corrected chi connectivity index (χ2v) is 6.60. The molecule has 1 aromatic rings. The second kappa shape index (κ2) is 4.92. The van der Waals surface area contributed by atoms with E-state index in [9.17, 15) is 14.9 Å². The van der Waals surface area contributed by atoms with Gasteiger partial charge in [-0.1, -0.05) is 36.4 Å². The maximum absolute atomic E-state index is 13.2. The number of hydrogen-bond acceptors (Lipinski definition) is 3. The van der Waals surface area contributed by atoms with Crippen molar-refractivity contribution in [2.45, 2.75) is 19.3 Å². The molecule has 1 aliphatic carbocycles. The molecule has 1 aliphatic heterocycles. The van der Waals surface area contributed by atoms with E-state index in [1.54, 1.807) is 31.9 Å². The molecule has 0 N–H and O–H groups in total. The van der Waals surface area contributed by atoms with E-state index in [0.717, 1.165) is 11.1 Å². The zero-order chi connectivity index (χ0) is 16.8. The lowest BCUT2D eigenvalue weighted by Crippen LogP contribution is -2.55. The third-order valence-corrected chi connectivity index (χ3v) is 4.87. The van der Waals surface area contributed by atoms with E-state index in [-0.39, 0.29) is 17.3 Å². The minimum Gasteiger partial charge on any atom is -0.341 e. The molecule has 1 amide bonds. The Morgan fingerprint density at radius 3 is 2.43 bits per heavy atom. The molecule has 116 valence electrons. The number of nitrogens with zero attached hydrogens (tertiary/aromatic N) is 2. The molecule has 3 rings (SSSR count). The Kier molecular flexibility index (Phi) is 3.26. The summed E-state index contributed by atoms with van der Waals surface area (Å²) in [7, 11) is 1.74. The van der Waals surface area contributed by atoms with Gasteiger partial charge in [-0.15, -0.1) is 0 Å². The van der Waals surface area contributed by atoms with Gasteiger partial charge in [-0.3, -0.25) is 9.59 Å². The van der Waals surface area contributed by atoms with Crippen LogP contribution in [-0.2, 0) is 15.0 Å². The number of ketones is 1. The fraction of sp³-hybridized carbons (Fsp3) is 0.316. The van der Waals surface area contributed by atoms with E-state index >= 15 is 0 Å². The van der Waals surface area contributed by atoms with Gasteiger partial charge in [-0.25, -0.2) is 0 Å². The standard InChI is InChI=1S/C19H18N2O2/c1-18(2)15-9-10-21(3)17(23)19(15,11-13(12-20)16(18)22)14-7-5-4-6-8-14/h4-9,11H,10H2,1-3H3/t19-/m0/s1. The number of benzene rings is 1. The third-order valence-electron chi connectivity index (χ3n) is 4.87. The largest absolute Gasteiger partial charge is 0.341 e. The summed E-state index contributed by atoms with van der Waals surface area (Å²) in [5, 5.41) is 9.41. The number of carbonyl (C=O) groups is 2. The van der Waals surface area contributed by atoms with Gasteiger partial charge >= 0.3 is 0 Å². The quantitative estimate of drug-likeness (QED) is 0.748. The first kappa shape index (κ1) is 15.2. The van der Waals surface area contributed by atoms with Crippen molar-refractivity contribution in [1.82, 2.24) is 4.90 Å². The zero-order valence-corrected chi connectivity index (χ0v) is 13.5. The van der Waals surface area contributed by atoms with Crippen molar-refractivity contribution in [2.75, 3.05) is 13.6 Å². The van der Waals surface area contributed by atoms with Crippen LogP contribution in [0.2, 0.25) is 0 Å². The summed E-state index contributed by atoms with van der Waals surface area (Å²) in [6.45, 7) is 4.05. The van der Waals surface area contributed by atoms with E-state index in [1.807, 2.05) is 42.5 Å². The molecule has 1 heterocycles. The number of likely N-dealkylation sites (N-methyl/N-ethyl adjacent to an activating group) is 1. The van der Waals surface area contributed by atoms with E-state index in [4.69, 9.17) is 0 Å². The molecule has 4 heteroatoms. The van der Waals surface area contributed by atoms with Crippen molar-refractivity contribution in [3.63, 3.8) is 0 Å². The molecule has 0 saturated heterocycles. The van der Waals surface area contributed by atoms with Gasteiger partial charge in [0.2, 0.25) is 5.91 Å². The molecule has 1 aromatic carbocycles. The van der Waals surface area contributed by atoms with E-state index < -0.39 is 10.8 Å². The molecular formula is C19H18N2O2. The van der Waals surface area contributed by atoms with Gasteiger partial charge in [-0.2, -0.15) is 5.26 Å². The van der Waals surface area contributed by atoms with Gasteiger partial charge in [0.05, 0.1) is 11.0 Å². The highest BCUT2D eigenvalue weighted by Gasteiger charge is 2.56. The number of hydrogen-bond donors (Lipinski definition) is 0. The first-order valence-corrected chi connectivity index (χ1v) is 7.55. The Balaban J connectivity index is 2.42. The number of rotatable bonds is 1. The van der Waals surface area contributed by atoms with Crippen molar-refractivity contribution in [2.24, 2.45) is 5.41 Å². The number of amides is 1. The fourth-order valence-corrected chi connectivity index (χ4v) is 3.66. The average Bonchev–Trinajstić information content (AvgIpc) is 2.55. The Bertz CT molecular complexity index is 796. The number of carbonyl (C=O) groups excluding carboxylic acids is 2. The Hall–Kier alpha value is -2.67. The van der Waals surface area contributed by atoms with E-state index in [0.29, 0.717) is 6.54 Å². The van der Waals surface area contributed by atoms with Gasteiger partial charge < -0.3 is 4.90 Å². The summed E-state index contributed by atoms with van der Waals surface area (Å²) in [4.78, 5) is 27.4. The zero-order valence-electron chi connectivity index (χ0n) is 13.5. The number of Topliss-reactive ketones (excluding diaryl/α,β-unsaturated/α-hetero) is 1. The Labute approximate surface area is 135 Å². The molecule has 0 radical (unpaired) electrons. The summed E-state index contributed by atoms with van der Waals surface area (Å²) in [5.41, 5.74) is -0.345. The molecule has 2 aliphatic rings. The summed E-state index contributed by atoms with van der Waals surface area (Å²) >= 11 is 0. The summed E-state index contributed by atoms with van der Waals surface area (Å²) in [6, 6.07) is 11.4. The number of nitriles is 1. The van der Waals surface area contributed by atoms with Gasteiger partial charge in [0, 0.05) is 13.6 Å². The summed E-state index contributed by atoms with van der Waals surface area (Å²) < 4.78 is 0. The van der Waals surface area contributed by atoms with Crippen LogP contribution in [-0.4, -0.2) is 30.2 Å². The monoisotopic (exact) mass is 306 g/mol. The first-order valence-electron chi connectivity index (χ1n) is 7.55. The van der Waals surface area contributed by atoms with Crippen LogP contribution in [0.15, 0.2) is 53.6 Å². The van der Waals surface area contributed by atoms with Crippen molar-refractivity contribution >= 4 is 11.7 Å². The summed E-state index contributed by atoms with van der Waals surface area (Å²) in [5.74, 6) is -0.329. The van der Waals surface area contributed by atoms with Gasteiger partial charge in [0.1, 0.15) is 11.5 Å². The normalized spacial score (nSPS) is 26.1. The molecule has 0 fully saturated rings. The Morgan fingerprint density at radius 2 is 1.83 bits per heavy atom. The lowest BCUT2D eigenvalue weighted by atomic mass is 9.56. The van der Waals surface area contributed by atoms with Gasteiger partial charge in [0.15, 0.2) is 5.78 Å². The molecule has 0 unspecified atom stereocenters. The second-order valence-electron chi connectivity index (χ2n) is 6.60. The van der Waals surface area contributed by atoms with Gasteiger partial charge in [0.25, 0.3) is 0 Å². The Morgan fingerprint density at radius 1 is 1.17 bits per heavy atom. The third kappa shape index (κ3) is 1.90. The van der Waals surface area contributed by atoms with Crippen LogP contribution in [0.4, 0.5) is 0 Å². The minimum atomic E-state index is -1.07.